The predicted molar refractivity (Wildman–Crippen MR) is 141 cm³/mol. The summed E-state index contributed by atoms with van der Waals surface area (Å²) in [6, 6.07) is 12.1. The number of fused-ring (bicyclic) bond motifs is 1. The van der Waals surface area contributed by atoms with Crippen LogP contribution in [0.3, 0.4) is 0 Å². The molecule has 2 aromatic rings. The predicted octanol–water partition coefficient (Wildman–Crippen LogP) is 5.49. The van der Waals surface area contributed by atoms with Crippen molar-refractivity contribution in [3.63, 3.8) is 0 Å². The number of nitrogens with zero attached hydrogens (tertiary/aromatic N) is 1. The van der Waals surface area contributed by atoms with Crippen molar-refractivity contribution in [3.05, 3.63) is 59.3 Å². The van der Waals surface area contributed by atoms with Crippen LogP contribution in [0.1, 0.15) is 64.5 Å². The number of amides is 1. The van der Waals surface area contributed by atoms with E-state index < -0.39 is 12.0 Å². The number of benzene rings is 2. The zero-order chi connectivity index (χ0) is 26.7. The van der Waals surface area contributed by atoms with Gasteiger partial charge in [0.05, 0.1) is 37.6 Å². The number of aliphatic carboxylic acids is 1. The first-order valence-electron chi connectivity index (χ1n) is 12.6. The van der Waals surface area contributed by atoms with Gasteiger partial charge in [-0.1, -0.05) is 39.0 Å². The van der Waals surface area contributed by atoms with Crippen molar-refractivity contribution >= 4 is 29.0 Å². The number of Topliss-reactive ketones (excluding diaryl/α,β-unsaturated/α-hetero) is 1. The standard InChI is InChI=1S/C29H34N2O6/c1-5-14-37-23-11-10-18(15-24(23)36-4)28-27-20(16-29(2,3)17-22(27)32)30-19-8-6-7-9-21(19)31(28)25(33)12-13-26(34)35/h6-11,15,28,30H,5,12-14,16-17H2,1-4H3,(H,34,35). The SMILES string of the molecule is CCCOc1ccc(C2C3=C(CC(C)(C)CC3=O)Nc3ccccc3N2C(=O)CCC(=O)O)cc1OC. The molecule has 2 N–H and O–H groups in total. The molecule has 1 amide bonds. The van der Waals surface area contributed by atoms with Gasteiger partial charge in [0.1, 0.15) is 0 Å². The molecule has 0 saturated carbocycles. The molecule has 0 saturated heterocycles. The van der Waals surface area contributed by atoms with Crippen LogP contribution in [0.2, 0.25) is 0 Å². The van der Waals surface area contributed by atoms with Crippen molar-refractivity contribution in [2.45, 2.75) is 58.9 Å². The maximum atomic E-state index is 13.7. The van der Waals surface area contributed by atoms with Crippen molar-refractivity contribution in [3.8, 4) is 11.5 Å². The van der Waals surface area contributed by atoms with Gasteiger partial charge in [0.15, 0.2) is 17.3 Å². The fourth-order valence-electron chi connectivity index (χ4n) is 5.10. The third-order valence-corrected chi connectivity index (χ3v) is 6.69. The van der Waals surface area contributed by atoms with E-state index in [1.54, 1.807) is 24.1 Å². The van der Waals surface area contributed by atoms with Crippen LogP contribution in [0, 0.1) is 5.41 Å². The number of carboxylic acid groups (broad SMARTS) is 1. The van der Waals surface area contributed by atoms with Crippen LogP contribution < -0.4 is 19.7 Å². The number of hydrogen-bond acceptors (Lipinski definition) is 6. The summed E-state index contributed by atoms with van der Waals surface area (Å²) in [5.41, 5.74) is 3.01. The van der Waals surface area contributed by atoms with E-state index in [-0.39, 0.29) is 29.9 Å². The van der Waals surface area contributed by atoms with Gasteiger partial charge in [-0.15, -0.1) is 0 Å². The Morgan fingerprint density at radius 2 is 1.86 bits per heavy atom. The van der Waals surface area contributed by atoms with Crippen molar-refractivity contribution < 1.29 is 29.0 Å². The molecule has 196 valence electrons. The number of hydrogen-bond donors (Lipinski definition) is 2. The summed E-state index contributed by atoms with van der Waals surface area (Å²) in [7, 11) is 1.55. The Balaban J connectivity index is 1.94. The highest BCUT2D eigenvalue weighted by molar-refractivity contribution is 6.06. The second kappa shape index (κ2) is 10.7. The molecule has 0 spiro atoms. The molecule has 37 heavy (non-hydrogen) atoms. The van der Waals surface area contributed by atoms with Crippen LogP contribution in [-0.4, -0.2) is 36.5 Å². The normalized spacial score (nSPS) is 18.3. The van der Waals surface area contributed by atoms with Gasteiger partial charge >= 0.3 is 5.97 Å². The maximum absolute atomic E-state index is 13.7. The number of ether oxygens (including phenoxy) is 2. The monoisotopic (exact) mass is 506 g/mol. The number of methoxy groups -OCH3 is 1. The van der Waals surface area contributed by atoms with E-state index in [1.807, 2.05) is 37.3 Å². The topological polar surface area (TPSA) is 105 Å². The molecule has 0 bridgehead atoms. The van der Waals surface area contributed by atoms with Gasteiger partial charge in [0.25, 0.3) is 0 Å². The van der Waals surface area contributed by atoms with Gasteiger partial charge in [-0.25, -0.2) is 0 Å². The third kappa shape index (κ3) is 5.48. The largest absolute Gasteiger partial charge is 0.493 e. The van der Waals surface area contributed by atoms with E-state index in [2.05, 4.69) is 19.2 Å². The Morgan fingerprint density at radius 3 is 2.57 bits per heavy atom. The summed E-state index contributed by atoms with van der Waals surface area (Å²) in [6.07, 6.45) is 1.30. The minimum absolute atomic E-state index is 0.0436. The molecule has 0 radical (unpaired) electrons. The molecule has 0 aromatic heterocycles. The number of rotatable bonds is 8. The number of anilines is 2. The molecule has 1 aliphatic carbocycles. The smallest absolute Gasteiger partial charge is 0.303 e. The fraction of sp³-hybridized carbons (Fsp3) is 0.414. The summed E-state index contributed by atoms with van der Waals surface area (Å²) >= 11 is 0. The highest BCUT2D eigenvalue weighted by Gasteiger charge is 2.43. The van der Waals surface area contributed by atoms with E-state index in [4.69, 9.17) is 9.47 Å². The lowest BCUT2D eigenvalue weighted by molar-refractivity contribution is -0.138. The summed E-state index contributed by atoms with van der Waals surface area (Å²) in [6.45, 7) is 6.66. The van der Waals surface area contributed by atoms with Crippen LogP contribution in [0.25, 0.3) is 0 Å². The number of carbonyl (C=O) groups is 3. The fourth-order valence-corrected chi connectivity index (χ4v) is 5.10. The average Bonchev–Trinajstić information content (AvgIpc) is 2.99. The number of carbonyl (C=O) groups excluding carboxylic acids is 2. The van der Waals surface area contributed by atoms with Crippen LogP contribution >= 0.6 is 0 Å². The molecule has 4 rings (SSSR count). The van der Waals surface area contributed by atoms with Gasteiger partial charge in [-0.05, 0) is 48.1 Å². The lowest BCUT2D eigenvalue weighted by Gasteiger charge is -2.37. The van der Waals surface area contributed by atoms with E-state index >= 15 is 0 Å². The van der Waals surface area contributed by atoms with Gasteiger partial charge in [0.2, 0.25) is 5.91 Å². The Kier molecular flexibility index (Phi) is 7.57. The zero-order valence-electron chi connectivity index (χ0n) is 21.8. The Bertz CT molecular complexity index is 1250. The molecule has 2 aromatic carbocycles. The van der Waals surface area contributed by atoms with Gasteiger partial charge < -0.3 is 19.9 Å². The van der Waals surface area contributed by atoms with Crippen LogP contribution in [0.5, 0.6) is 11.5 Å². The maximum Gasteiger partial charge on any atom is 0.303 e. The second-order valence-electron chi connectivity index (χ2n) is 10.3. The highest BCUT2D eigenvalue weighted by atomic mass is 16.5. The molecular weight excluding hydrogens is 472 g/mol. The van der Waals surface area contributed by atoms with Gasteiger partial charge in [-0.3, -0.25) is 19.3 Å². The van der Waals surface area contributed by atoms with Gasteiger partial charge in [0, 0.05) is 24.1 Å². The quantitative estimate of drug-likeness (QED) is 0.488. The van der Waals surface area contributed by atoms with Crippen molar-refractivity contribution in [2.75, 3.05) is 23.9 Å². The second-order valence-corrected chi connectivity index (χ2v) is 10.3. The van der Waals surface area contributed by atoms with Crippen LogP contribution in [0.15, 0.2) is 53.7 Å². The lowest BCUT2D eigenvalue weighted by atomic mass is 9.73. The van der Waals surface area contributed by atoms with E-state index in [1.165, 1.54) is 0 Å². The van der Waals surface area contributed by atoms with Crippen molar-refractivity contribution in [1.29, 1.82) is 0 Å². The van der Waals surface area contributed by atoms with Crippen LogP contribution in [0.4, 0.5) is 11.4 Å². The minimum atomic E-state index is -1.05. The number of nitrogens with one attached hydrogen (secondary N) is 1. The molecular formula is C29H34N2O6. The number of carboxylic acids is 1. The molecule has 1 unspecified atom stereocenters. The van der Waals surface area contributed by atoms with Crippen molar-refractivity contribution in [2.24, 2.45) is 5.41 Å². The summed E-state index contributed by atoms with van der Waals surface area (Å²) in [5.74, 6) is -0.397. The molecule has 8 heteroatoms. The molecule has 0 fully saturated rings. The Hall–Kier alpha value is -3.81. The molecule has 1 atom stereocenters. The van der Waals surface area contributed by atoms with E-state index in [9.17, 15) is 19.5 Å². The summed E-state index contributed by atoms with van der Waals surface area (Å²) in [5, 5.41) is 12.7. The Labute approximate surface area is 217 Å². The number of para-hydroxylation sites is 2. The molecule has 1 heterocycles. The Morgan fingerprint density at radius 1 is 1.11 bits per heavy atom. The number of ketones is 1. The minimum Gasteiger partial charge on any atom is -0.493 e. The first-order chi connectivity index (χ1) is 17.6. The first-order valence-corrected chi connectivity index (χ1v) is 12.6. The highest BCUT2D eigenvalue weighted by Crippen LogP contribution is 2.49. The van der Waals surface area contributed by atoms with E-state index in [0.29, 0.717) is 53.5 Å². The molecule has 1 aliphatic heterocycles. The van der Waals surface area contributed by atoms with Crippen molar-refractivity contribution in [1.82, 2.24) is 0 Å². The summed E-state index contributed by atoms with van der Waals surface area (Å²) < 4.78 is 11.5. The zero-order valence-corrected chi connectivity index (χ0v) is 21.8. The molecule has 8 nitrogen and oxygen atoms in total. The molecule has 2 aliphatic rings. The third-order valence-electron chi connectivity index (χ3n) is 6.69. The van der Waals surface area contributed by atoms with E-state index in [0.717, 1.165) is 12.1 Å². The lowest BCUT2D eigenvalue weighted by Crippen LogP contribution is -2.39. The van der Waals surface area contributed by atoms with Gasteiger partial charge in [-0.2, -0.15) is 0 Å². The first kappa shape index (κ1) is 26.3. The van der Waals surface area contributed by atoms with Crippen LogP contribution in [-0.2, 0) is 14.4 Å². The summed E-state index contributed by atoms with van der Waals surface area (Å²) in [4.78, 5) is 40.4. The number of allylic oxidation sites excluding steroid dienone is 1. The average molecular weight is 507 g/mol.